The van der Waals surface area contributed by atoms with E-state index in [-0.39, 0.29) is 5.15 Å². The Morgan fingerprint density at radius 2 is 1.89 bits per heavy atom. The van der Waals surface area contributed by atoms with E-state index < -0.39 is 11.2 Å². The molecule has 2 rings (SSSR count). The minimum atomic E-state index is -0.554. The maximum atomic E-state index is 11.9. The Bertz CT molecular complexity index is 657. The van der Waals surface area contributed by atoms with E-state index in [0.717, 1.165) is 10.3 Å². The van der Waals surface area contributed by atoms with E-state index >= 15 is 0 Å². The number of hydrogen-bond acceptors (Lipinski definition) is 3. The third kappa shape index (κ3) is 2.17. The number of benzene rings is 1. The quantitative estimate of drug-likeness (QED) is 0.832. The fourth-order valence-electron chi connectivity index (χ4n) is 1.73. The maximum absolute atomic E-state index is 11.9. The van der Waals surface area contributed by atoms with Crippen LogP contribution < -0.4 is 16.1 Å². The lowest BCUT2D eigenvalue weighted by molar-refractivity contribution is 0.870. The number of H-pyrrole nitrogens is 1. The zero-order chi connectivity index (χ0) is 13.3. The first-order valence-electron chi connectivity index (χ1n) is 5.29. The van der Waals surface area contributed by atoms with Crippen molar-refractivity contribution in [3.05, 3.63) is 56.3 Å². The minimum absolute atomic E-state index is 0.0311. The van der Waals surface area contributed by atoms with Crippen molar-refractivity contribution >= 4 is 17.3 Å². The second-order valence-electron chi connectivity index (χ2n) is 3.98. The molecule has 0 bridgehead atoms. The van der Waals surface area contributed by atoms with E-state index in [0.29, 0.717) is 5.69 Å². The van der Waals surface area contributed by atoms with Crippen LogP contribution in [0.25, 0.3) is 5.69 Å². The maximum Gasteiger partial charge on any atom is 0.334 e. The lowest BCUT2D eigenvalue weighted by Gasteiger charge is -2.17. The van der Waals surface area contributed by atoms with Gasteiger partial charge in [-0.05, 0) is 12.1 Å². The molecule has 0 aliphatic heterocycles. The molecular formula is C12H12ClN3O2. The van der Waals surface area contributed by atoms with Crippen molar-refractivity contribution in [3.63, 3.8) is 0 Å². The van der Waals surface area contributed by atoms with Gasteiger partial charge in [0.1, 0.15) is 5.15 Å². The summed E-state index contributed by atoms with van der Waals surface area (Å²) in [5.74, 6) is 0. The topological polar surface area (TPSA) is 58.1 Å². The van der Waals surface area contributed by atoms with Gasteiger partial charge in [-0.2, -0.15) is 0 Å². The highest BCUT2D eigenvalue weighted by molar-refractivity contribution is 6.29. The summed E-state index contributed by atoms with van der Waals surface area (Å²) in [6, 6.07) is 8.32. The van der Waals surface area contributed by atoms with Gasteiger partial charge in [-0.25, -0.2) is 9.36 Å². The molecular weight excluding hydrogens is 254 g/mol. The largest absolute Gasteiger partial charge is 0.376 e. The number of aromatic nitrogens is 2. The third-order valence-electron chi connectivity index (χ3n) is 2.50. The third-order valence-corrected chi connectivity index (χ3v) is 2.71. The van der Waals surface area contributed by atoms with Gasteiger partial charge in [0, 0.05) is 20.2 Å². The van der Waals surface area contributed by atoms with Crippen molar-refractivity contribution in [2.45, 2.75) is 0 Å². The second-order valence-corrected chi connectivity index (χ2v) is 4.39. The van der Waals surface area contributed by atoms with Gasteiger partial charge in [-0.3, -0.25) is 9.78 Å². The Labute approximate surface area is 108 Å². The fourth-order valence-corrected chi connectivity index (χ4v) is 1.90. The average Bonchev–Trinajstić information content (AvgIpc) is 2.28. The average molecular weight is 266 g/mol. The highest BCUT2D eigenvalue weighted by Crippen LogP contribution is 2.19. The van der Waals surface area contributed by atoms with Crippen molar-refractivity contribution in [2.75, 3.05) is 19.0 Å². The monoisotopic (exact) mass is 265 g/mol. The van der Waals surface area contributed by atoms with Crippen molar-refractivity contribution in [2.24, 2.45) is 0 Å². The molecule has 1 heterocycles. The molecule has 1 N–H and O–H groups in total. The van der Waals surface area contributed by atoms with E-state index in [9.17, 15) is 9.59 Å². The number of nitrogens with zero attached hydrogens (tertiary/aromatic N) is 2. The Hall–Kier alpha value is -2.01. The predicted molar refractivity (Wildman–Crippen MR) is 72.0 cm³/mol. The first kappa shape index (κ1) is 12.4. The Morgan fingerprint density at radius 1 is 1.22 bits per heavy atom. The van der Waals surface area contributed by atoms with Crippen LogP contribution in [0.1, 0.15) is 0 Å². The molecule has 5 nitrogen and oxygen atoms in total. The van der Waals surface area contributed by atoms with Gasteiger partial charge >= 0.3 is 5.69 Å². The lowest BCUT2D eigenvalue weighted by Crippen LogP contribution is -2.34. The summed E-state index contributed by atoms with van der Waals surface area (Å²) < 4.78 is 1.06. The smallest absolute Gasteiger partial charge is 0.334 e. The number of rotatable bonds is 2. The van der Waals surface area contributed by atoms with Crippen LogP contribution in [0.15, 0.2) is 39.9 Å². The predicted octanol–water partition coefficient (Wildman–Crippen LogP) is 1.25. The van der Waals surface area contributed by atoms with Crippen molar-refractivity contribution in [1.29, 1.82) is 0 Å². The van der Waals surface area contributed by atoms with Crippen LogP contribution in [0, 0.1) is 0 Å². The summed E-state index contributed by atoms with van der Waals surface area (Å²) in [7, 11) is 3.68. The zero-order valence-corrected chi connectivity index (χ0v) is 10.7. The summed E-state index contributed by atoms with van der Waals surface area (Å²) in [6.45, 7) is 0. The molecule has 6 heteroatoms. The van der Waals surface area contributed by atoms with Gasteiger partial charge < -0.3 is 4.90 Å². The molecule has 0 amide bonds. The molecule has 0 aliphatic rings. The van der Waals surface area contributed by atoms with Crippen LogP contribution in [-0.4, -0.2) is 23.6 Å². The summed E-state index contributed by atoms with van der Waals surface area (Å²) in [5.41, 5.74) is 0.276. The van der Waals surface area contributed by atoms with Crippen LogP contribution in [0.2, 0.25) is 5.15 Å². The minimum Gasteiger partial charge on any atom is -0.376 e. The van der Waals surface area contributed by atoms with Gasteiger partial charge in [-0.15, -0.1) is 0 Å². The van der Waals surface area contributed by atoms with Crippen LogP contribution >= 0.6 is 11.6 Å². The summed E-state index contributed by atoms with van der Waals surface area (Å²) in [5, 5.41) is 0.0311. The summed E-state index contributed by atoms with van der Waals surface area (Å²) in [6.07, 6.45) is 0. The standard InChI is InChI=1S/C12H12ClN3O2/c1-15(2)8-5-3-4-6-9(8)16-11(17)7-10(13)14-12(16)18/h3-7H,1-2H3,(H,14,18). The molecule has 1 aromatic heterocycles. The molecule has 0 unspecified atom stereocenters. The van der Waals surface area contributed by atoms with Gasteiger partial charge in [0.25, 0.3) is 5.56 Å². The molecule has 0 fully saturated rings. The van der Waals surface area contributed by atoms with E-state index in [1.165, 1.54) is 6.07 Å². The highest BCUT2D eigenvalue weighted by atomic mass is 35.5. The molecule has 0 atom stereocenters. The van der Waals surface area contributed by atoms with Crippen molar-refractivity contribution in [3.8, 4) is 5.69 Å². The first-order chi connectivity index (χ1) is 8.50. The molecule has 94 valence electrons. The molecule has 0 spiro atoms. The summed E-state index contributed by atoms with van der Waals surface area (Å²) in [4.78, 5) is 27.9. The number of halogens is 1. The zero-order valence-electron chi connectivity index (χ0n) is 9.98. The van der Waals surface area contributed by atoms with E-state index in [1.807, 2.05) is 31.1 Å². The van der Waals surface area contributed by atoms with Gasteiger partial charge in [-0.1, -0.05) is 23.7 Å². The van der Waals surface area contributed by atoms with Crippen molar-refractivity contribution in [1.82, 2.24) is 9.55 Å². The first-order valence-corrected chi connectivity index (χ1v) is 5.67. The second kappa shape index (κ2) is 4.70. The van der Waals surface area contributed by atoms with Crippen molar-refractivity contribution < 1.29 is 0 Å². The normalized spacial score (nSPS) is 10.4. The van der Waals surface area contributed by atoms with Crippen LogP contribution in [0.3, 0.4) is 0 Å². The molecule has 0 radical (unpaired) electrons. The fraction of sp³-hybridized carbons (Fsp3) is 0.167. The van der Waals surface area contributed by atoms with Crippen LogP contribution in [0.5, 0.6) is 0 Å². The lowest BCUT2D eigenvalue weighted by atomic mass is 10.2. The summed E-state index contributed by atoms with van der Waals surface area (Å²) >= 11 is 5.63. The molecule has 0 saturated heterocycles. The molecule has 0 aliphatic carbocycles. The Kier molecular flexibility index (Phi) is 3.25. The Morgan fingerprint density at radius 3 is 2.50 bits per heavy atom. The van der Waals surface area contributed by atoms with Gasteiger partial charge in [0.15, 0.2) is 0 Å². The van der Waals surface area contributed by atoms with E-state index in [1.54, 1.807) is 12.1 Å². The van der Waals surface area contributed by atoms with E-state index in [4.69, 9.17) is 11.6 Å². The molecule has 1 aromatic carbocycles. The number of aromatic amines is 1. The molecule has 18 heavy (non-hydrogen) atoms. The Balaban J connectivity index is 2.78. The highest BCUT2D eigenvalue weighted by Gasteiger charge is 2.11. The number of para-hydroxylation sites is 2. The number of hydrogen-bond donors (Lipinski definition) is 1. The SMILES string of the molecule is CN(C)c1ccccc1-n1c(=O)cc(Cl)[nH]c1=O. The van der Waals surface area contributed by atoms with E-state index in [2.05, 4.69) is 4.98 Å². The van der Waals surface area contributed by atoms with Gasteiger partial charge in [0.05, 0.1) is 11.4 Å². The number of anilines is 1. The number of nitrogens with one attached hydrogen (secondary N) is 1. The molecule has 0 saturated carbocycles. The molecule has 2 aromatic rings. The van der Waals surface area contributed by atoms with Crippen LogP contribution in [0.4, 0.5) is 5.69 Å². The van der Waals surface area contributed by atoms with Crippen LogP contribution in [-0.2, 0) is 0 Å². The van der Waals surface area contributed by atoms with Gasteiger partial charge in [0.2, 0.25) is 0 Å².